The van der Waals surface area contributed by atoms with Crippen LogP contribution in [0.4, 0.5) is 17.2 Å². The van der Waals surface area contributed by atoms with Gasteiger partial charge >= 0.3 is 0 Å². The summed E-state index contributed by atoms with van der Waals surface area (Å²) >= 11 is 0. The van der Waals surface area contributed by atoms with Crippen molar-refractivity contribution >= 4 is 23.1 Å². The van der Waals surface area contributed by atoms with Crippen molar-refractivity contribution in [3.05, 3.63) is 53.9 Å². The van der Waals surface area contributed by atoms with E-state index >= 15 is 0 Å². The van der Waals surface area contributed by atoms with Crippen LogP contribution in [0.3, 0.4) is 0 Å². The van der Waals surface area contributed by atoms with Crippen molar-refractivity contribution in [3.63, 3.8) is 0 Å². The minimum atomic E-state index is -0.0960. The highest BCUT2D eigenvalue weighted by atomic mass is 16.1. The monoisotopic (exact) mass is 322 g/mol. The summed E-state index contributed by atoms with van der Waals surface area (Å²) in [6.07, 6.45) is 0. The summed E-state index contributed by atoms with van der Waals surface area (Å²) in [4.78, 5) is 11.0. The molecule has 2 N–H and O–H groups in total. The van der Waals surface area contributed by atoms with Crippen LogP contribution in [0.15, 0.2) is 42.5 Å². The fourth-order valence-corrected chi connectivity index (χ4v) is 2.35. The second-order valence-corrected chi connectivity index (χ2v) is 5.50. The predicted molar refractivity (Wildman–Crippen MR) is 92.7 cm³/mol. The number of hydrogen-bond donors (Lipinski definition) is 2. The van der Waals surface area contributed by atoms with Crippen molar-refractivity contribution < 1.29 is 4.79 Å². The SMILES string of the molecule is CC(=O)Nc1ccc(Nc2ccc(-n3nc(C)cc3C)nn2)cc1. The van der Waals surface area contributed by atoms with Gasteiger partial charge in [-0.15, -0.1) is 10.2 Å². The number of carbonyl (C=O) groups is 1. The Balaban J connectivity index is 1.72. The standard InChI is InChI=1S/C17H18N6O/c1-11-10-12(2)23(22-11)17-9-8-16(20-21-17)19-15-6-4-14(5-7-15)18-13(3)24/h4-10H,1-3H3,(H,18,24)(H,19,20). The molecular formula is C17H18N6O. The number of carbonyl (C=O) groups excluding carboxylic acids is 1. The van der Waals surface area contributed by atoms with Gasteiger partial charge in [-0.05, 0) is 56.3 Å². The molecule has 1 aromatic carbocycles. The fraction of sp³-hybridized carbons (Fsp3) is 0.176. The molecule has 122 valence electrons. The highest BCUT2D eigenvalue weighted by molar-refractivity contribution is 5.88. The zero-order valence-corrected chi connectivity index (χ0v) is 13.7. The first-order valence-corrected chi connectivity index (χ1v) is 7.53. The van der Waals surface area contributed by atoms with Gasteiger partial charge < -0.3 is 10.6 Å². The van der Waals surface area contributed by atoms with E-state index in [-0.39, 0.29) is 5.91 Å². The molecule has 24 heavy (non-hydrogen) atoms. The summed E-state index contributed by atoms with van der Waals surface area (Å²) < 4.78 is 1.76. The van der Waals surface area contributed by atoms with Gasteiger partial charge in [0.1, 0.15) is 0 Å². The van der Waals surface area contributed by atoms with E-state index in [1.54, 1.807) is 4.68 Å². The zero-order valence-electron chi connectivity index (χ0n) is 13.7. The first-order chi connectivity index (χ1) is 11.5. The topological polar surface area (TPSA) is 84.7 Å². The van der Waals surface area contributed by atoms with Crippen LogP contribution < -0.4 is 10.6 Å². The molecule has 0 saturated carbocycles. The molecular weight excluding hydrogens is 304 g/mol. The quantitative estimate of drug-likeness (QED) is 0.771. The van der Waals surface area contributed by atoms with Crippen LogP contribution >= 0.6 is 0 Å². The molecule has 0 fully saturated rings. The Morgan fingerprint density at radius 1 is 1.00 bits per heavy atom. The maximum absolute atomic E-state index is 11.0. The van der Waals surface area contributed by atoms with Gasteiger partial charge in [0, 0.05) is 24.0 Å². The van der Waals surface area contributed by atoms with Crippen molar-refractivity contribution in [1.29, 1.82) is 0 Å². The largest absolute Gasteiger partial charge is 0.339 e. The molecule has 3 aromatic rings. The summed E-state index contributed by atoms with van der Waals surface area (Å²) in [5.41, 5.74) is 3.56. The van der Waals surface area contributed by atoms with Gasteiger partial charge in [-0.25, -0.2) is 4.68 Å². The summed E-state index contributed by atoms with van der Waals surface area (Å²) in [6, 6.07) is 13.1. The Morgan fingerprint density at radius 2 is 1.71 bits per heavy atom. The van der Waals surface area contributed by atoms with Gasteiger partial charge in [-0.2, -0.15) is 5.10 Å². The van der Waals surface area contributed by atoms with Gasteiger partial charge in [-0.3, -0.25) is 4.79 Å². The van der Waals surface area contributed by atoms with Crippen LogP contribution in [-0.4, -0.2) is 25.9 Å². The average Bonchev–Trinajstić information content (AvgIpc) is 2.88. The van der Waals surface area contributed by atoms with E-state index in [2.05, 4.69) is 25.9 Å². The third-order valence-electron chi connectivity index (χ3n) is 3.35. The van der Waals surface area contributed by atoms with Gasteiger partial charge in [-0.1, -0.05) is 0 Å². The Morgan fingerprint density at radius 3 is 2.25 bits per heavy atom. The number of aromatic nitrogens is 4. The molecule has 0 aliphatic rings. The van der Waals surface area contributed by atoms with Crippen LogP contribution in [0, 0.1) is 13.8 Å². The van der Waals surface area contributed by atoms with Crippen molar-refractivity contribution in [1.82, 2.24) is 20.0 Å². The van der Waals surface area contributed by atoms with Crippen LogP contribution in [-0.2, 0) is 4.79 Å². The molecule has 2 heterocycles. The summed E-state index contributed by atoms with van der Waals surface area (Å²) in [6.45, 7) is 5.40. The maximum Gasteiger partial charge on any atom is 0.221 e. The molecule has 0 atom stereocenters. The molecule has 0 saturated heterocycles. The normalized spacial score (nSPS) is 10.5. The fourth-order valence-electron chi connectivity index (χ4n) is 2.35. The number of nitrogens with zero attached hydrogens (tertiary/aromatic N) is 4. The van der Waals surface area contributed by atoms with Gasteiger partial charge in [0.25, 0.3) is 0 Å². The Kier molecular flexibility index (Phi) is 4.24. The van der Waals surface area contributed by atoms with Crippen LogP contribution in [0.5, 0.6) is 0 Å². The number of hydrogen-bond acceptors (Lipinski definition) is 5. The molecule has 0 aliphatic carbocycles. The van der Waals surface area contributed by atoms with Crippen molar-refractivity contribution in [2.24, 2.45) is 0 Å². The van der Waals surface area contributed by atoms with E-state index in [9.17, 15) is 4.79 Å². The van der Waals surface area contributed by atoms with E-state index in [0.29, 0.717) is 11.6 Å². The van der Waals surface area contributed by atoms with E-state index in [4.69, 9.17) is 0 Å². The van der Waals surface area contributed by atoms with Crippen LogP contribution in [0.25, 0.3) is 5.82 Å². The molecule has 0 unspecified atom stereocenters. The highest BCUT2D eigenvalue weighted by Crippen LogP contribution is 2.18. The first kappa shape index (κ1) is 15.7. The van der Waals surface area contributed by atoms with Crippen LogP contribution in [0.2, 0.25) is 0 Å². The van der Waals surface area contributed by atoms with Crippen molar-refractivity contribution in [3.8, 4) is 5.82 Å². The second-order valence-electron chi connectivity index (χ2n) is 5.50. The lowest BCUT2D eigenvalue weighted by Crippen LogP contribution is -2.06. The van der Waals surface area contributed by atoms with Crippen molar-refractivity contribution in [2.75, 3.05) is 10.6 Å². The highest BCUT2D eigenvalue weighted by Gasteiger charge is 2.06. The maximum atomic E-state index is 11.0. The second kappa shape index (κ2) is 6.49. The van der Waals surface area contributed by atoms with Gasteiger partial charge in [0.2, 0.25) is 5.91 Å². The summed E-state index contributed by atoms with van der Waals surface area (Å²) in [7, 11) is 0. The number of rotatable bonds is 4. The minimum Gasteiger partial charge on any atom is -0.339 e. The lowest BCUT2D eigenvalue weighted by molar-refractivity contribution is -0.114. The molecule has 7 heteroatoms. The average molecular weight is 322 g/mol. The van der Waals surface area contributed by atoms with E-state index in [0.717, 1.165) is 22.8 Å². The Hall–Kier alpha value is -3.22. The third kappa shape index (κ3) is 3.57. The number of benzene rings is 1. The smallest absolute Gasteiger partial charge is 0.221 e. The summed E-state index contributed by atoms with van der Waals surface area (Å²) in [5.74, 6) is 1.21. The molecule has 2 aromatic heterocycles. The number of amides is 1. The molecule has 1 amide bonds. The van der Waals surface area contributed by atoms with E-state index < -0.39 is 0 Å². The summed E-state index contributed by atoms with van der Waals surface area (Å²) in [5, 5.41) is 18.7. The van der Waals surface area contributed by atoms with E-state index in [1.807, 2.05) is 56.3 Å². The first-order valence-electron chi connectivity index (χ1n) is 7.53. The lowest BCUT2D eigenvalue weighted by Gasteiger charge is -2.08. The third-order valence-corrected chi connectivity index (χ3v) is 3.35. The zero-order chi connectivity index (χ0) is 17.1. The molecule has 0 aliphatic heterocycles. The molecule has 7 nitrogen and oxygen atoms in total. The molecule has 3 rings (SSSR count). The van der Waals surface area contributed by atoms with Gasteiger partial charge in [0.05, 0.1) is 5.69 Å². The Bertz CT molecular complexity index is 852. The van der Waals surface area contributed by atoms with E-state index in [1.165, 1.54) is 6.92 Å². The number of aryl methyl sites for hydroxylation is 2. The molecule has 0 spiro atoms. The minimum absolute atomic E-state index is 0.0960. The van der Waals surface area contributed by atoms with Crippen LogP contribution in [0.1, 0.15) is 18.3 Å². The predicted octanol–water partition coefficient (Wildman–Crippen LogP) is 2.98. The Labute approximate surface area is 139 Å². The number of nitrogens with one attached hydrogen (secondary N) is 2. The number of anilines is 3. The molecule has 0 bridgehead atoms. The van der Waals surface area contributed by atoms with Gasteiger partial charge in [0.15, 0.2) is 11.6 Å². The molecule has 0 radical (unpaired) electrons. The lowest BCUT2D eigenvalue weighted by atomic mass is 10.2. The van der Waals surface area contributed by atoms with Crippen molar-refractivity contribution in [2.45, 2.75) is 20.8 Å².